The van der Waals surface area contributed by atoms with E-state index >= 15 is 0 Å². The molecular formula is C11H22O4. The van der Waals surface area contributed by atoms with Crippen LogP contribution in [0.5, 0.6) is 0 Å². The van der Waals surface area contributed by atoms with E-state index in [1.165, 1.54) is 6.92 Å². The quantitative estimate of drug-likeness (QED) is 0.447. The van der Waals surface area contributed by atoms with Gasteiger partial charge >= 0.3 is 5.97 Å². The fraction of sp³-hybridized carbons (Fsp3) is 0.909. The summed E-state index contributed by atoms with van der Waals surface area (Å²) in [5.41, 5.74) is -0.631. The summed E-state index contributed by atoms with van der Waals surface area (Å²) in [5.74, 6) is -1.66. The SMILES string of the molecule is CC(C)CC(C)(O)OOC(=O)C(C)(C)C. The highest BCUT2D eigenvalue weighted by Crippen LogP contribution is 2.21. The van der Waals surface area contributed by atoms with Gasteiger partial charge in [-0.2, -0.15) is 4.89 Å². The van der Waals surface area contributed by atoms with Crippen LogP contribution in [0, 0.1) is 11.3 Å². The highest BCUT2D eigenvalue weighted by atomic mass is 17.2. The number of aliphatic hydroxyl groups is 1. The largest absolute Gasteiger partial charge is 0.363 e. The van der Waals surface area contributed by atoms with E-state index in [1.54, 1.807) is 20.8 Å². The lowest BCUT2D eigenvalue weighted by atomic mass is 9.98. The van der Waals surface area contributed by atoms with Crippen LogP contribution < -0.4 is 0 Å². The van der Waals surface area contributed by atoms with Gasteiger partial charge in [-0.15, -0.1) is 0 Å². The molecule has 1 unspecified atom stereocenters. The Hall–Kier alpha value is -0.610. The molecule has 0 aliphatic carbocycles. The summed E-state index contributed by atoms with van der Waals surface area (Å²) in [6.07, 6.45) is 0.407. The molecule has 0 saturated heterocycles. The smallest absolute Gasteiger partial charge is 0.347 e. The van der Waals surface area contributed by atoms with Crippen molar-refractivity contribution in [2.24, 2.45) is 11.3 Å². The fourth-order valence-electron chi connectivity index (χ4n) is 1.04. The van der Waals surface area contributed by atoms with Gasteiger partial charge in [-0.3, -0.25) is 4.89 Å². The van der Waals surface area contributed by atoms with Crippen LogP contribution in [-0.2, 0) is 14.6 Å². The molecule has 4 heteroatoms. The van der Waals surface area contributed by atoms with Crippen LogP contribution in [0.2, 0.25) is 0 Å². The zero-order valence-electron chi connectivity index (χ0n) is 10.5. The summed E-state index contributed by atoms with van der Waals surface area (Å²) in [6.45, 7) is 10.5. The monoisotopic (exact) mass is 218 g/mol. The summed E-state index contributed by atoms with van der Waals surface area (Å²) < 4.78 is 0. The van der Waals surface area contributed by atoms with E-state index in [1.807, 2.05) is 13.8 Å². The topological polar surface area (TPSA) is 55.8 Å². The summed E-state index contributed by atoms with van der Waals surface area (Å²) in [5, 5.41) is 9.70. The molecule has 0 aromatic carbocycles. The minimum atomic E-state index is -1.42. The highest BCUT2D eigenvalue weighted by Gasteiger charge is 2.30. The first-order valence-corrected chi connectivity index (χ1v) is 5.17. The third kappa shape index (κ3) is 6.47. The first kappa shape index (κ1) is 14.4. The average molecular weight is 218 g/mol. The normalized spacial score (nSPS) is 16.3. The van der Waals surface area contributed by atoms with Crippen molar-refractivity contribution >= 4 is 5.97 Å². The Morgan fingerprint density at radius 3 is 2.07 bits per heavy atom. The number of carbonyl (C=O) groups is 1. The number of hydrogen-bond donors (Lipinski definition) is 1. The third-order valence-electron chi connectivity index (χ3n) is 1.70. The van der Waals surface area contributed by atoms with Crippen LogP contribution in [0.15, 0.2) is 0 Å². The Kier molecular flexibility index (Phi) is 4.74. The maximum Gasteiger partial charge on any atom is 0.347 e. The zero-order valence-corrected chi connectivity index (χ0v) is 10.5. The maximum absolute atomic E-state index is 11.3. The van der Waals surface area contributed by atoms with Crippen molar-refractivity contribution in [1.82, 2.24) is 0 Å². The van der Waals surface area contributed by atoms with Gasteiger partial charge in [0, 0.05) is 6.42 Å². The molecule has 0 heterocycles. The van der Waals surface area contributed by atoms with Crippen LogP contribution in [0.25, 0.3) is 0 Å². The van der Waals surface area contributed by atoms with E-state index < -0.39 is 17.2 Å². The van der Waals surface area contributed by atoms with Gasteiger partial charge in [0.2, 0.25) is 5.79 Å². The van der Waals surface area contributed by atoms with Crippen LogP contribution in [0.3, 0.4) is 0 Å². The molecule has 0 aliphatic heterocycles. The van der Waals surface area contributed by atoms with Crippen molar-refractivity contribution in [3.8, 4) is 0 Å². The lowest BCUT2D eigenvalue weighted by Gasteiger charge is -2.25. The van der Waals surface area contributed by atoms with Crippen LogP contribution in [0.4, 0.5) is 0 Å². The van der Waals surface area contributed by atoms with Gasteiger partial charge in [-0.05, 0) is 33.6 Å². The molecule has 0 aromatic heterocycles. The fourth-order valence-corrected chi connectivity index (χ4v) is 1.04. The third-order valence-corrected chi connectivity index (χ3v) is 1.70. The van der Waals surface area contributed by atoms with Gasteiger partial charge in [0.25, 0.3) is 0 Å². The standard InChI is InChI=1S/C11H22O4/c1-8(2)7-11(6,13)15-14-9(12)10(3,4)5/h8,13H,7H2,1-6H3. The van der Waals surface area contributed by atoms with Crippen molar-refractivity contribution in [1.29, 1.82) is 0 Å². The zero-order chi connectivity index (χ0) is 12.3. The van der Waals surface area contributed by atoms with E-state index in [0.717, 1.165) is 0 Å². The Morgan fingerprint density at radius 1 is 1.27 bits per heavy atom. The molecule has 0 aliphatic rings. The second-order valence-electron chi connectivity index (χ2n) is 5.48. The minimum Gasteiger partial charge on any atom is -0.363 e. The Balaban J connectivity index is 4.10. The van der Waals surface area contributed by atoms with Crippen molar-refractivity contribution in [3.05, 3.63) is 0 Å². The van der Waals surface area contributed by atoms with E-state index in [9.17, 15) is 9.90 Å². The van der Waals surface area contributed by atoms with Crippen molar-refractivity contribution in [3.63, 3.8) is 0 Å². The highest BCUT2D eigenvalue weighted by molar-refractivity contribution is 5.74. The minimum absolute atomic E-state index is 0.258. The lowest BCUT2D eigenvalue weighted by Crippen LogP contribution is -2.34. The molecule has 0 aromatic rings. The van der Waals surface area contributed by atoms with Gasteiger partial charge in [-0.25, -0.2) is 4.79 Å². The van der Waals surface area contributed by atoms with E-state index in [-0.39, 0.29) is 5.92 Å². The Bertz CT molecular complexity index is 213. The molecule has 15 heavy (non-hydrogen) atoms. The van der Waals surface area contributed by atoms with Gasteiger partial charge in [0.05, 0.1) is 5.41 Å². The molecule has 90 valence electrons. The molecule has 0 spiro atoms. The molecule has 0 amide bonds. The summed E-state index contributed by atoms with van der Waals surface area (Å²) in [6, 6.07) is 0. The molecule has 0 fully saturated rings. The van der Waals surface area contributed by atoms with E-state index in [4.69, 9.17) is 4.89 Å². The Labute approximate surface area is 91.5 Å². The summed E-state index contributed by atoms with van der Waals surface area (Å²) in [7, 11) is 0. The van der Waals surface area contributed by atoms with Crippen LogP contribution >= 0.6 is 0 Å². The van der Waals surface area contributed by atoms with Gasteiger partial charge < -0.3 is 5.11 Å². The first-order chi connectivity index (χ1) is 6.54. The van der Waals surface area contributed by atoms with Gasteiger partial charge in [0.15, 0.2) is 0 Å². The van der Waals surface area contributed by atoms with Crippen molar-refractivity contribution in [2.75, 3.05) is 0 Å². The molecule has 0 bridgehead atoms. The molecule has 0 saturated carbocycles. The number of carbonyl (C=O) groups excluding carboxylic acids is 1. The summed E-state index contributed by atoms with van der Waals surface area (Å²) >= 11 is 0. The van der Waals surface area contributed by atoms with Gasteiger partial charge in [-0.1, -0.05) is 13.8 Å². The predicted molar refractivity (Wildman–Crippen MR) is 56.7 cm³/mol. The molecule has 1 N–H and O–H groups in total. The molecule has 1 atom stereocenters. The number of hydrogen-bond acceptors (Lipinski definition) is 4. The second kappa shape index (κ2) is 4.94. The molecule has 0 rings (SSSR count). The van der Waals surface area contributed by atoms with Gasteiger partial charge in [0.1, 0.15) is 0 Å². The van der Waals surface area contributed by atoms with Crippen LogP contribution in [-0.4, -0.2) is 16.9 Å². The van der Waals surface area contributed by atoms with Crippen molar-refractivity contribution < 1.29 is 19.7 Å². The van der Waals surface area contributed by atoms with E-state index in [0.29, 0.717) is 6.42 Å². The average Bonchev–Trinajstić information content (AvgIpc) is 1.95. The summed E-state index contributed by atoms with van der Waals surface area (Å²) in [4.78, 5) is 20.7. The van der Waals surface area contributed by atoms with Crippen LogP contribution in [0.1, 0.15) is 48.0 Å². The predicted octanol–water partition coefficient (Wildman–Crippen LogP) is 2.26. The molecule has 0 radical (unpaired) electrons. The lowest BCUT2D eigenvalue weighted by molar-refractivity contribution is -0.394. The number of rotatable bonds is 4. The van der Waals surface area contributed by atoms with Crippen molar-refractivity contribution in [2.45, 2.75) is 53.8 Å². The Morgan fingerprint density at radius 2 is 1.73 bits per heavy atom. The first-order valence-electron chi connectivity index (χ1n) is 5.17. The second-order valence-corrected chi connectivity index (χ2v) is 5.48. The molecule has 4 nitrogen and oxygen atoms in total. The van der Waals surface area contributed by atoms with E-state index in [2.05, 4.69) is 4.89 Å². The maximum atomic E-state index is 11.3. The molecular weight excluding hydrogens is 196 g/mol.